The minimum absolute atomic E-state index is 0.265. The van der Waals surface area contributed by atoms with Gasteiger partial charge in [-0.05, 0) is 59.1 Å². The summed E-state index contributed by atoms with van der Waals surface area (Å²) in [5, 5.41) is 0.392. The van der Waals surface area contributed by atoms with Gasteiger partial charge in [-0.2, -0.15) is 0 Å². The van der Waals surface area contributed by atoms with Crippen LogP contribution in [0.5, 0.6) is 0 Å². The van der Waals surface area contributed by atoms with E-state index in [4.69, 9.17) is 0 Å². The predicted molar refractivity (Wildman–Crippen MR) is 91.9 cm³/mol. The predicted octanol–water partition coefficient (Wildman–Crippen LogP) is 4.54. The van der Waals surface area contributed by atoms with Crippen LogP contribution in [0.1, 0.15) is 11.1 Å². The Labute approximate surface area is 139 Å². The quantitative estimate of drug-likeness (QED) is 0.699. The van der Waals surface area contributed by atoms with Crippen LogP contribution in [0.3, 0.4) is 0 Å². The molecule has 0 amide bonds. The summed E-state index contributed by atoms with van der Waals surface area (Å²) in [6, 6.07) is 7.33. The second-order valence-electron chi connectivity index (χ2n) is 4.61. The number of benzene rings is 1. The summed E-state index contributed by atoms with van der Waals surface area (Å²) in [6.45, 7) is 3.99. The van der Waals surface area contributed by atoms with E-state index in [2.05, 4.69) is 25.6 Å². The van der Waals surface area contributed by atoms with Crippen molar-refractivity contribution in [3.05, 3.63) is 39.2 Å². The molecular formula is C13H11BrN2O2S3. The number of anilines is 1. The van der Waals surface area contributed by atoms with Gasteiger partial charge in [0.25, 0.3) is 10.0 Å². The van der Waals surface area contributed by atoms with E-state index in [-0.39, 0.29) is 4.21 Å². The highest BCUT2D eigenvalue weighted by molar-refractivity contribution is 9.11. The van der Waals surface area contributed by atoms with Gasteiger partial charge in [0.1, 0.15) is 4.21 Å². The number of sulfonamides is 1. The molecule has 0 unspecified atom stereocenters. The summed E-state index contributed by atoms with van der Waals surface area (Å²) in [4.78, 5) is 4.39. The van der Waals surface area contributed by atoms with Crippen LogP contribution in [-0.4, -0.2) is 13.4 Å². The van der Waals surface area contributed by atoms with Crippen molar-refractivity contribution in [1.82, 2.24) is 4.98 Å². The fourth-order valence-electron chi connectivity index (χ4n) is 2.02. The average Bonchev–Trinajstić information content (AvgIpc) is 2.95. The first-order chi connectivity index (χ1) is 9.85. The topological polar surface area (TPSA) is 59.1 Å². The van der Waals surface area contributed by atoms with Crippen molar-refractivity contribution < 1.29 is 8.42 Å². The second-order valence-corrected chi connectivity index (χ2v) is 10.0. The molecule has 0 aliphatic carbocycles. The molecule has 3 rings (SSSR count). The number of nitrogens with one attached hydrogen (secondary N) is 1. The maximum Gasteiger partial charge on any atom is 0.273 e. The zero-order valence-electron chi connectivity index (χ0n) is 11.2. The molecule has 0 fully saturated rings. The van der Waals surface area contributed by atoms with E-state index in [0.717, 1.165) is 25.1 Å². The Kier molecular flexibility index (Phi) is 3.81. The number of rotatable bonds is 3. The number of hydrogen-bond acceptors (Lipinski definition) is 5. The molecule has 0 atom stereocenters. The van der Waals surface area contributed by atoms with Gasteiger partial charge in [-0.3, -0.25) is 4.72 Å². The number of thiophene rings is 1. The summed E-state index contributed by atoms with van der Waals surface area (Å²) < 4.78 is 29.2. The third kappa shape index (κ3) is 2.98. The molecule has 2 heterocycles. The van der Waals surface area contributed by atoms with Gasteiger partial charge in [0.2, 0.25) is 0 Å². The third-order valence-corrected chi connectivity index (χ3v) is 7.37. The van der Waals surface area contributed by atoms with Gasteiger partial charge in [0.05, 0.1) is 14.0 Å². The van der Waals surface area contributed by atoms with Gasteiger partial charge < -0.3 is 0 Å². The van der Waals surface area contributed by atoms with Crippen molar-refractivity contribution >= 4 is 64.0 Å². The molecule has 8 heteroatoms. The van der Waals surface area contributed by atoms with E-state index in [1.807, 2.05) is 26.0 Å². The zero-order chi connectivity index (χ0) is 15.2. The van der Waals surface area contributed by atoms with Crippen molar-refractivity contribution in [3.8, 4) is 0 Å². The Bertz CT molecular complexity index is 928. The Hall–Kier alpha value is -0.960. The molecule has 0 aliphatic heterocycles. The van der Waals surface area contributed by atoms with Crippen molar-refractivity contribution in [2.45, 2.75) is 18.1 Å². The molecule has 0 aliphatic rings. The first-order valence-electron chi connectivity index (χ1n) is 6.01. The van der Waals surface area contributed by atoms with Crippen molar-refractivity contribution in [3.63, 3.8) is 0 Å². The van der Waals surface area contributed by atoms with Crippen LogP contribution < -0.4 is 4.72 Å². The molecular weight excluding hydrogens is 392 g/mol. The summed E-state index contributed by atoms with van der Waals surface area (Å²) in [5.74, 6) is 0. The van der Waals surface area contributed by atoms with E-state index in [1.54, 1.807) is 12.1 Å². The number of hydrogen-bond donors (Lipinski definition) is 1. The number of aromatic nitrogens is 1. The molecule has 1 N–H and O–H groups in total. The fraction of sp³-hybridized carbons (Fsp3) is 0.154. The lowest BCUT2D eigenvalue weighted by Crippen LogP contribution is -2.11. The number of halogens is 1. The van der Waals surface area contributed by atoms with Crippen molar-refractivity contribution in [2.75, 3.05) is 4.72 Å². The summed E-state index contributed by atoms with van der Waals surface area (Å²) in [7, 11) is -3.58. The van der Waals surface area contributed by atoms with Gasteiger partial charge in [-0.25, -0.2) is 13.4 Å². The van der Waals surface area contributed by atoms with E-state index < -0.39 is 10.0 Å². The van der Waals surface area contributed by atoms with Gasteiger partial charge in [0, 0.05) is 0 Å². The molecule has 110 valence electrons. The van der Waals surface area contributed by atoms with Gasteiger partial charge in [-0.1, -0.05) is 17.4 Å². The largest absolute Gasteiger partial charge is 0.273 e. The van der Waals surface area contributed by atoms with Crippen molar-refractivity contribution in [2.24, 2.45) is 0 Å². The lowest BCUT2D eigenvalue weighted by Gasteiger charge is -2.01. The smallest absolute Gasteiger partial charge is 0.254 e. The van der Waals surface area contributed by atoms with Crippen LogP contribution in [0.15, 0.2) is 32.3 Å². The average molecular weight is 403 g/mol. The molecule has 2 aromatic heterocycles. The van der Waals surface area contributed by atoms with E-state index in [9.17, 15) is 8.42 Å². The summed E-state index contributed by atoms with van der Waals surface area (Å²) in [5.41, 5.74) is 3.03. The molecule has 3 aromatic rings. The van der Waals surface area contributed by atoms with Gasteiger partial charge in [-0.15, -0.1) is 11.3 Å². The summed E-state index contributed by atoms with van der Waals surface area (Å²) in [6.07, 6.45) is 0. The molecule has 0 saturated heterocycles. The third-order valence-electron chi connectivity index (χ3n) is 2.86. The molecule has 0 radical (unpaired) electrons. The number of thiazole rings is 1. The van der Waals surface area contributed by atoms with E-state index in [0.29, 0.717) is 5.13 Å². The standard InChI is InChI=1S/C13H11BrN2O2S3/c1-7-5-8(2)12-9(6-7)19-13(15-12)16-21(17,18)11-4-3-10(14)20-11/h3-6H,1-2H3,(H,15,16). The minimum Gasteiger partial charge on any atom is -0.254 e. The highest BCUT2D eigenvalue weighted by Crippen LogP contribution is 2.32. The fourth-order valence-corrected chi connectivity index (χ4v) is 6.31. The molecule has 0 saturated carbocycles. The van der Waals surface area contributed by atoms with Crippen LogP contribution >= 0.6 is 38.6 Å². The first kappa shape index (κ1) is 15.0. The van der Waals surface area contributed by atoms with Crippen LogP contribution in [0, 0.1) is 13.8 Å². The Morgan fingerprint density at radius 1 is 1.19 bits per heavy atom. The maximum atomic E-state index is 12.3. The van der Waals surface area contributed by atoms with Crippen molar-refractivity contribution in [1.29, 1.82) is 0 Å². The zero-order valence-corrected chi connectivity index (χ0v) is 15.2. The molecule has 4 nitrogen and oxygen atoms in total. The van der Waals surface area contributed by atoms with Gasteiger partial charge >= 0.3 is 0 Å². The lowest BCUT2D eigenvalue weighted by molar-refractivity contribution is 0.603. The van der Waals surface area contributed by atoms with Gasteiger partial charge in [0.15, 0.2) is 5.13 Å². The van der Waals surface area contributed by atoms with E-state index in [1.165, 1.54) is 22.7 Å². The van der Waals surface area contributed by atoms with Crippen LogP contribution in [0.2, 0.25) is 0 Å². The summed E-state index contributed by atoms with van der Waals surface area (Å²) >= 11 is 5.78. The minimum atomic E-state index is -3.58. The highest BCUT2D eigenvalue weighted by Gasteiger charge is 2.19. The van der Waals surface area contributed by atoms with Crippen LogP contribution in [0.4, 0.5) is 5.13 Å². The first-order valence-corrected chi connectivity index (χ1v) is 9.92. The molecule has 0 bridgehead atoms. The number of aryl methyl sites for hydroxylation is 2. The monoisotopic (exact) mass is 402 g/mol. The van der Waals surface area contributed by atoms with Crippen LogP contribution in [0.25, 0.3) is 10.2 Å². The van der Waals surface area contributed by atoms with Crippen LogP contribution in [-0.2, 0) is 10.0 Å². The SMILES string of the molecule is Cc1cc(C)c2nc(NS(=O)(=O)c3ccc(Br)s3)sc2c1. The highest BCUT2D eigenvalue weighted by atomic mass is 79.9. The normalized spacial score (nSPS) is 12.0. The second kappa shape index (κ2) is 5.35. The lowest BCUT2D eigenvalue weighted by atomic mass is 10.1. The maximum absolute atomic E-state index is 12.3. The molecule has 21 heavy (non-hydrogen) atoms. The molecule has 1 aromatic carbocycles. The number of fused-ring (bicyclic) bond motifs is 1. The van der Waals surface area contributed by atoms with E-state index >= 15 is 0 Å². The Balaban J connectivity index is 2.00. The number of nitrogens with zero attached hydrogens (tertiary/aromatic N) is 1. The Morgan fingerprint density at radius 2 is 1.95 bits per heavy atom. The molecule has 0 spiro atoms. The Morgan fingerprint density at radius 3 is 2.62 bits per heavy atom.